The highest BCUT2D eigenvalue weighted by atomic mass is 16.1. The summed E-state index contributed by atoms with van der Waals surface area (Å²) in [7, 11) is 0. The van der Waals surface area contributed by atoms with E-state index in [2.05, 4.69) is 24.5 Å². The van der Waals surface area contributed by atoms with Crippen molar-refractivity contribution in [1.82, 2.24) is 0 Å². The van der Waals surface area contributed by atoms with Gasteiger partial charge in [-0.1, -0.05) is 44.2 Å². The first kappa shape index (κ1) is 16.3. The third-order valence-corrected chi connectivity index (χ3v) is 3.36. The molecule has 0 aliphatic rings. The molecule has 116 valence electrons. The largest absolute Gasteiger partial charge is 0.360 e. The van der Waals surface area contributed by atoms with Crippen LogP contribution in [-0.4, -0.2) is 5.91 Å². The van der Waals surface area contributed by atoms with Gasteiger partial charge in [-0.2, -0.15) is 5.26 Å². The number of para-hydroxylation sites is 1. The summed E-state index contributed by atoms with van der Waals surface area (Å²) >= 11 is 0. The van der Waals surface area contributed by atoms with Gasteiger partial charge in [-0.05, 0) is 35.7 Å². The highest BCUT2D eigenvalue weighted by molar-refractivity contribution is 6.06. The number of nitriles is 1. The molecule has 0 aliphatic heterocycles. The lowest BCUT2D eigenvalue weighted by Gasteiger charge is -2.07. The number of nitrogens with one attached hydrogen (secondary N) is 2. The van der Waals surface area contributed by atoms with E-state index in [9.17, 15) is 4.79 Å². The summed E-state index contributed by atoms with van der Waals surface area (Å²) in [4.78, 5) is 12.1. The molecule has 0 fully saturated rings. The minimum Gasteiger partial charge on any atom is -0.360 e. The van der Waals surface area contributed by atoms with Crippen molar-refractivity contribution in [2.24, 2.45) is 0 Å². The van der Waals surface area contributed by atoms with Crippen LogP contribution in [0.15, 0.2) is 66.4 Å². The molecule has 2 N–H and O–H groups in total. The summed E-state index contributed by atoms with van der Waals surface area (Å²) in [6.07, 6.45) is 1.42. The Morgan fingerprint density at radius 3 is 2.26 bits per heavy atom. The van der Waals surface area contributed by atoms with Gasteiger partial charge in [0.1, 0.15) is 11.6 Å². The fraction of sp³-hybridized carbons (Fsp3) is 0.158. The predicted octanol–water partition coefficient (Wildman–Crippen LogP) is 4.27. The monoisotopic (exact) mass is 305 g/mol. The van der Waals surface area contributed by atoms with Crippen LogP contribution in [0.1, 0.15) is 25.3 Å². The summed E-state index contributed by atoms with van der Waals surface area (Å²) in [6.45, 7) is 4.26. The number of benzene rings is 2. The quantitative estimate of drug-likeness (QED) is 0.640. The molecule has 2 aromatic carbocycles. The second kappa shape index (κ2) is 7.81. The Kier molecular flexibility index (Phi) is 5.54. The van der Waals surface area contributed by atoms with Crippen molar-refractivity contribution in [3.05, 3.63) is 71.9 Å². The number of carbonyl (C=O) groups excluding carboxylic acids is 1. The van der Waals surface area contributed by atoms with Gasteiger partial charge in [-0.25, -0.2) is 0 Å². The van der Waals surface area contributed by atoms with Crippen LogP contribution >= 0.6 is 0 Å². The van der Waals surface area contributed by atoms with Gasteiger partial charge < -0.3 is 10.6 Å². The van der Waals surface area contributed by atoms with Crippen molar-refractivity contribution in [3.8, 4) is 6.07 Å². The Morgan fingerprint density at radius 2 is 1.70 bits per heavy atom. The Hall–Kier alpha value is -3.06. The maximum Gasteiger partial charge on any atom is 0.267 e. The van der Waals surface area contributed by atoms with Crippen LogP contribution in [0, 0.1) is 11.3 Å². The van der Waals surface area contributed by atoms with Crippen LogP contribution < -0.4 is 10.6 Å². The van der Waals surface area contributed by atoms with Crippen molar-refractivity contribution < 1.29 is 4.79 Å². The molecule has 0 atom stereocenters. The number of anilines is 2. The van der Waals surface area contributed by atoms with E-state index in [4.69, 9.17) is 5.26 Å². The fourth-order valence-corrected chi connectivity index (χ4v) is 1.99. The topological polar surface area (TPSA) is 64.9 Å². The zero-order chi connectivity index (χ0) is 16.7. The molecule has 0 bridgehead atoms. The van der Waals surface area contributed by atoms with E-state index in [1.54, 1.807) is 12.1 Å². The van der Waals surface area contributed by atoms with Crippen molar-refractivity contribution in [2.45, 2.75) is 19.8 Å². The molecule has 2 aromatic rings. The number of hydrogen-bond donors (Lipinski definition) is 2. The molecule has 2 rings (SSSR count). The van der Waals surface area contributed by atoms with Crippen LogP contribution in [0.2, 0.25) is 0 Å². The Balaban J connectivity index is 2.04. The molecule has 0 aliphatic carbocycles. The van der Waals surface area contributed by atoms with Crippen molar-refractivity contribution in [1.29, 1.82) is 5.26 Å². The van der Waals surface area contributed by atoms with Gasteiger partial charge >= 0.3 is 0 Å². The standard InChI is InChI=1S/C19H19N3O/c1-14(2)15-8-10-17(11-9-15)21-13-16(12-20)19(23)22-18-6-4-3-5-7-18/h3-11,13-14,21H,1-2H3,(H,22,23). The van der Waals surface area contributed by atoms with E-state index in [1.807, 2.05) is 48.5 Å². The van der Waals surface area contributed by atoms with Gasteiger partial charge in [-0.3, -0.25) is 4.79 Å². The Bertz CT molecular complexity index is 725. The molecule has 23 heavy (non-hydrogen) atoms. The van der Waals surface area contributed by atoms with Crippen LogP contribution in [0.3, 0.4) is 0 Å². The van der Waals surface area contributed by atoms with Gasteiger partial charge in [0.2, 0.25) is 0 Å². The van der Waals surface area contributed by atoms with Crippen LogP contribution in [-0.2, 0) is 4.79 Å². The minimum absolute atomic E-state index is 0.0155. The molecule has 4 heteroatoms. The molecule has 1 amide bonds. The highest BCUT2D eigenvalue weighted by Gasteiger charge is 2.09. The molecule has 0 heterocycles. The van der Waals surface area contributed by atoms with Gasteiger partial charge in [0.25, 0.3) is 5.91 Å². The van der Waals surface area contributed by atoms with Gasteiger partial charge in [0.15, 0.2) is 0 Å². The predicted molar refractivity (Wildman–Crippen MR) is 92.9 cm³/mol. The highest BCUT2D eigenvalue weighted by Crippen LogP contribution is 2.17. The molecular weight excluding hydrogens is 286 g/mol. The molecule has 0 spiro atoms. The molecular formula is C19H19N3O. The lowest BCUT2D eigenvalue weighted by Crippen LogP contribution is -2.14. The van der Waals surface area contributed by atoms with Crippen LogP contribution in [0.4, 0.5) is 11.4 Å². The van der Waals surface area contributed by atoms with Crippen molar-refractivity contribution >= 4 is 17.3 Å². The van der Waals surface area contributed by atoms with E-state index in [0.717, 1.165) is 5.69 Å². The Labute approximate surface area is 136 Å². The van der Waals surface area contributed by atoms with Crippen molar-refractivity contribution in [3.63, 3.8) is 0 Å². The van der Waals surface area contributed by atoms with Crippen LogP contribution in [0.5, 0.6) is 0 Å². The molecule has 0 saturated heterocycles. The minimum atomic E-state index is -0.440. The number of nitrogens with zero attached hydrogens (tertiary/aromatic N) is 1. The number of rotatable bonds is 5. The summed E-state index contributed by atoms with van der Waals surface area (Å²) in [6, 6.07) is 18.8. The second-order valence-electron chi connectivity index (χ2n) is 5.41. The lowest BCUT2D eigenvalue weighted by atomic mass is 10.0. The summed E-state index contributed by atoms with van der Waals surface area (Å²) < 4.78 is 0. The average Bonchev–Trinajstić information content (AvgIpc) is 2.56. The first-order valence-electron chi connectivity index (χ1n) is 7.43. The Morgan fingerprint density at radius 1 is 1.04 bits per heavy atom. The zero-order valence-electron chi connectivity index (χ0n) is 13.2. The second-order valence-corrected chi connectivity index (χ2v) is 5.41. The van der Waals surface area contributed by atoms with Crippen molar-refractivity contribution in [2.75, 3.05) is 10.6 Å². The third kappa shape index (κ3) is 4.72. The molecule has 0 aromatic heterocycles. The van der Waals surface area contributed by atoms with E-state index >= 15 is 0 Å². The molecule has 0 saturated carbocycles. The fourth-order valence-electron chi connectivity index (χ4n) is 1.99. The molecule has 4 nitrogen and oxygen atoms in total. The summed E-state index contributed by atoms with van der Waals surface area (Å²) in [5.41, 5.74) is 2.73. The first-order valence-corrected chi connectivity index (χ1v) is 7.43. The molecule has 0 radical (unpaired) electrons. The normalized spacial score (nSPS) is 11.0. The number of amides is 1. The smallest absolute Gasteiger partial charge is 0.267 e. The maximum absolute atomic E-state index is 12.1. The number of carbonyl (C=O) groups is 1. The average molecular weight is 305 g/mol. The maximum atomic E-state index is 12.1. The van der Waals surface area contributed by atoms with E-state index in [0.29, 0.717) is 11.6 Å². The van der Waals surface area contributed by atoms with Gasteiger partial charge in [0.05, 0.1) is 0 Å². The summed E-state index contributed by atoms with van der Waals surface area (Å²) in [5.74, 6) is 0.0240. The molecule has 0 unspecified atom stereocenters. The lowest BCUT2D eigenvalue weighted by molar-refractivity contribution is -0.112. The van der Waals surface area contributed by atoms with Gasteiger partial charge in [0, 0.05) is 17.6 Å². The van der Waals surface area contributed by atoms with E-state index < -0.39 is 5.91 Å². The zero-order valence-corrected chi connectivity index (χ0v) is 13.2. The first-order chi connectivity index (χ1) is 11.1. The van der Waals surface area contributed by atoms with E-state index in [-0.39, 0.29) is 5.57 Å². The van der Waals surface area contributed by atoms with Gasteiger partial charge in [-0.15, -0.1) is 0 Å². The SMILES string of the molecule is CC(C)c1ccc(NC=C(C#N)C(=O)Nc2ccccc2)cc1. The number of hydrogen-bond acceptors (Lipinski definition) is 3. The van der Waals surface area contributed by atoms with E-state index in [1.165, 1.54) is 11.8 Å². The summed E-state index contributed by atoms with van der Waals surface area (Å²) in [5, 5.41) is 14.8. The van der Waals surface area contributed by atoms with Crippen LogP contribution in [0.25, 0.3) is 0 Å². The third-order valence-electron chi connectivity index (χ3n) is 3.36.